The normalized spacial score (nSPS) is 23.6. The van der Waals surface area contributed by atoms with E-state index in [4.69, 9.17) is 14.6 Å². The van der Waals surface area contributed by atoms with Gasteiger partial charge >= 0.3 is 0 Å². The van der Waals surface area contributed by atoms with Gasteiger partial charge in [0.1, 0.15) is 6.61 Å². The zero-order valence-electron chi connectivity index (χ0n) is 16.6. The maximum atomic E-state index is 12.6. The van der Waals surface area contributed by atoms with Crippen LogP contribution in [-0.4, -0.2) is 47.0 Å². The minimum atomic E-state index is 0.0843. The molecule has 150 valence electrons. The molecule has 4 rings (SSSR count). The molecule has 0 aromatic carbocycles. The van der Waals surface area contributed by atoms with E-state index in [9.17, 15) is 4.79 Å². The molecule has 27 heavy (non-hydrogen) atoms. The van der Waals surface area contributed by atoms with Gasteiger partial charge in [0.2, 0.25) is 5.91 Å². The maximum absolute atomic E-state index is 12.6. The largest absolute Gasteiger partial charge is 0.376 e. The van der Waals surface area contributed by atoms with Crippen LogP contribution < -0.4 is 0 Å². The van der Waals surface area contributed by atoms with Crippen LogP contribution in [0.25, 0.3) is 0 Å². The molecule has 2 fully saturated rings. The topological polar surface area (TPSA) is 56.6 Å². The van der Waals surface area contributed by atoms with Crippen LogP contribution >= 0.6 is 0 Å². The van der Waals surface area contributed by atoms with Crippen LogP contribution in [0.4, 0.5) is 0 Å². The summed E-state index contributed by atoms with van der Waals surface area (Å²) in [4.78, 5) is 14.6. The molecule has 1 saturated carbocycles. The van der Waals surface area contributed by atoms with E-state index in [-0.39, 0.29) is 18.6 Å². The van der Waals surface area contributed by atoms with E-state index in [2.05, 4.69) is 4.68 Å². The second-order valence-electron chi connectivity index (χ2n) is 8.18. The van der Waals surface area contributed by atoms with Crippen molar-refractivity contribution in [1.82, 2.24) is 14.7 Å². The van der Waals surface area contributed by atoms with Crippen molar-refractivity contribution >= 4 is 5.91 Å². The molecule has 0 bridgehead atoms. The van der Waals surface area contributed by atoms with Gasteiger partial charge in [0.15, 0.2) is 0 Å². The van der Waals surface area contributed by atoms with Crippen LogP contribution in [0.1, 0.15) is 74.9 Å². The van der Waals surface area contributed by atoms with Gasteiger partial charge in [0, 0.05) is 37.4 Å². The van der Waals surface area contributed by atoms with Crippen molar-refractivity contribution in [3.8, 4) is 0 Å². The van der Waals surface area contributed by atoms with Gasteiger partial charge in [-0.3, -0.25) is 9.48 Å². The Hall–Kier alpha value is -1.40. The number of fused-ring (bicyclic) bond motifs is 1. The number of hydrogen-bond acceptors (Lipinski definition) is 4. The highest BCUT2D eigenvalue weighted by atomic mass is 16.5. The highest BCUT2D eigenvalue weighted by Gasteiger charge is 2.35. The molecular weight excluding hydrogens is 342 g/mol. The second-order valence-corrected chi connectivity index (χ2v) is 8.18. The van der Waals surface area contributed by atoms with Crippen LogP contribution in [0.15, 0.2) is 0 Å². The van der Waals surface area contributed by atoms with Crippen molar-refractivity contribution < 1.29 is 14.3 Å². The lowest BCUT2D eigenvalue weighted by Gasteiger charge is -2.25. The summed E-state index contributed by atoms with van der Waals surface area (Å²) in [5.41, 5.74) is 3.69. The molecule has 1 saturated heterocycles. The standard InChI is InChI=1S/C21H33N3O3/c1-2-26-15-20(25)23-11-6-9-19(23)21-17-14-27-12-10-18(17)24(22-21)13-16-7-4-3-5-8-16/h16,19H,2-15H2,1H3. The van der Waals surface area contributed by atoms with Crippen molar-refractivity contribution in [2.75, 3.05) is 26.4 Å². The number of rotatable bonds is 6. The number of likely N-dealkylation sites (tertiary alicyclic amines) is 1. The lowest BCUT2D eigenvalue weighted by Crippen LogP contribution is -2.34. The Balaban J connectivity index is 1.57. The Kier molecular flexibility index (Phi) is 6.13. The molecule has 1 amide bonds. The fraction of sp³-hybridized carbons (Fsp3) is 0.810. The molecule has 2 aliphatic heterocycles. The van der Waals surface area contributed by atoms with E-state index in [1.165, 1.54) is 43.4 Å². The molecule has 3 aliphatic rings. The maximum Gasteiger partial charge on any atom is 0.249 e. The molecule has 3 heterocycles. The van der Waals surface area contributed by atoms with Crippen LogP contribution in [-0.2, 0) is 33.8 Å². The molecule has 1 aliphatic carbocycles. The number of hydrogen-bond donors (Lipinski definition) is 0. The molecule has 0 N–H and O–H groups in total. The number of nitrogens with zero attached hydrogens (tertiary/aromatic N) is 3. The Morgan fingerprint density at radius 3 is 2.89 bits per heavy atom. The van der Waals surface area contributed by atoms with Gasteiger partial charge in [-0.25, -0.2) is 0 Å². The van der Waals surface area contributed by atoms with Crippen molar-refractivity contribution in [1.29, 1.82) is 0 Å². The zero-order chi connectivity index (χ0) is 18.6. The predicted octanol–water partition coefficient (Wildman–Crippen LogP) is 3.24. The first kappa shape index (κ1) is 18.9. The van der Waals surface area contributed by atoms with Gasteiger partial charge in [-0.05, 0) is 38.5 Å². The summed E-state index contributed by atoms with van der Waals surface area (Å²) in [6.45, 7) is 5.93. The summed E-state index contributed by atoms with van der Waals surface area (Å²) in [5, 5.41) is 5.08. The minimum Gasteiger partial charge on any atom is -0.376 e. The second kappa shape index (κ2) is 8.74. The first-order chi connectivity index (χ1) is 13.3. The third kappa shape index (κ3) is 4.06. The van der Waals surface area contributed by atoms with Crippen molar-refractivity contribution in [2.45, 2.75) is 77.5 Å². The van der Waals surface area contributed by atoms with Crippen molar-refractivity contribution in [3.05, 3.63) is 17.0 Å². The molecule has 1 unspecified atom stereocenters. The van der Waals surface area contributed by atoms with Gasteiger partial charge < -0.3 is 14.4 Å². The van der Waals surface area contributed by atoms with E-state index in [1.54, 1.807) is 0 Å². The van der Waals surface area contributed by atoms with Gasteiger partial charge in [-0.1, -0.05) is 19.3 Å². The highest BCUT2D eigenvalue weighted by molar-refractivity contribution is 5.78. The van der Waals surface area contributed by atoms with E-state index in [1.807, 2.05) is 11.8 Å². The molecule has 6 nitrogen and oxygen atoms in total. The van der Waals surface area contributed by atoms with Gasteiger partial charge in [-0.2, -0.15) is 5.10 Å². The van der Waals surface area contributed by atoms with Crippen LogP contribution in [0, 0.1) is 5.92 Å². The van der Waals surface area contributed by atoms with Crippen LogP contribution in [0.2, 0.25) is 0 Å². The lowest BCUT2D eigenvalue weighted by atomic mass is 9.89. The van der Waals surface area contributed by atoms with Gasteiger partial charge in [-0.15, -0.1) is 0 Å². The minimum absolute atomic E-state index is 0.0843. The van der Waals surface area contributed by atoms with E-state index >= 15 is 0 Å². The van der Waals surface area contributed by atoms with E-state index in [0.29, 0.717) is 13.2 Å². The summed E-state index contributed by atoms with van der Waals surface area (Å²) in [6, 6.07) is 0.0843. The highest BCUT2D eigenvalue weighted by Crippen LogP contribution is 2.36. The van der Waals surface area contributed by atoms with Crippen LogP contribution in [0.3, 0.4) is 0 Å². The lowest BCUT2D eigenvalue weighted by molar-refractivity contribution is -0.137. The predicted molar refractivity (Wildman–Crippen MR) is 102 cm³/mol. The third-order valence-corrected chi connectivity index (χ3v) is 6.40. The van der Waals surface area contributed by atoms with E-state index in [0.717, 1.165) is 50.6 Å². The Bertz CT molecular complexity index is 651. The molecule has 0 spiro atoms. The smallest absolute Gasteiger partial charge is 0.249 e. The van der Waals surface area contributed by atoms with Gasteiger partial charge in [0.25, 0.3) is 0 Å². The number of carbonyl (C=O) groups excluding carboxylic acids is 1. The molecule has 6 heteroatoms. The molecule has 1 aromatic rings. The van der Waals surface area contributed by atoms with Crippen LogP contribution in [0.5, 0.6) is 0 Å². The molecular formula is C21H33N3O3. The number of carbonyl (C=O) groups is 1. The number of ether oxygens (including phenoxy) is 2. The Morgan fingerprint density at radius 2 is 2.07 bits per heavy atom. The quantitative estimate of drug-likeness (QED) is 0.766. The SMILES string of the molecule is CCOCC(=O)N1CCCC1c1nn(CC2CCCCC2)c2c1COCC2. The van der Waals surface area contributed by atoms with Crippen molar-refractivity contribution in [3.63, 3.8) is 0 Å². The fourth-order valence-corrected chi connectivity index (χ4v) is 4.99. The first-order valence-corrected chi connectivity index (χ1v) is 10.8. The summed E-state index contributed by atoms with van der Waals surface area (Å²) in [7, 11) is 0. The Labute approximate surface area is 162 Å². The monoisotopic (exact) mass is 375 g/mol. The average Bonchev–Trinajstić information content (AvgIpc) is 3.32. The third-order valence-electron chi connectivity index (χ3n) is 6.40. The molecule has 1 aromatic heterocycles. The number of amides is 1. The zero-order valence-corrected chi connectivity index (χ0v) is 16.6. The van der Waals surface area contributed by atoms with Gasteiger partial charge in [0.05, 0.1) is 24.9 Å². The number of aromatic nitrogens is 2. The Morgan fingerprint density at radius 1 is 1.22 bits per heavy atom. The summed E-state index contributed by atoms with van der Waals surface area (Å²) < 4.78 is 13.4. The summed E-state index contributed by atoms with van der Waals surface area (Å²) >= 11 is 0. The molecule has 0 radical (unpaired) electrons. The first-order valence-electron chi connectivity index (χ1n) is 10.8. The average molecular weight is 376 g/mol. The van der Waals surface area contributed by atoms with Crippen molar-refractivity contribution in [2.24, 2.45) is 5.92 Å². The summed E-state index contributed by atoms with van der Waals surface area (Å²) in [6.07, 6.45) is 9.70. The van der Waals surface area contributed by atoms with E-state index < -0.39 is 0 Å². The summed E-state index contributed by atoms with van der Waals surface area (Å²) in [5.74, 6) is 0.837. The molecule has 1 atom stereocenters. The fourth-order valence-electron chi connectivity index (χ4n) is 4.99.